The number of ether oxygens (including phenoxy) is 1. The molecule has 1 rings (SSSR count). The van der Waals surface area contributed by atoms with Gasteiger partial charge in [-0.15, -0.1) is 0 Å². The molecule has 0 aliphatic rings. The lowest BCUT2D eigenvalue weighted by molar-refractivity contribution is -0.142. The largest absolute Gasteiger partial charge is 0.508 e. The summed E-state index contributed by atoms with van der Waals surface area (Å²) in [6, 6.07) is 7.00. The summed E-state index contributed by atoms with van der Waals surface area (Å²) in [5, 5.41) is 12.3. The van der Waals surface area contributed by atoms with Gasteiger partial charge in [0.05, 0.1) is 13.2 Å². The van der Waals surface area contributed by atoms with Gasteiger partial charge < -0.3 is 15.2 Å². The van der Waals surface area contributed by atoms with Gasteiger partial charge in [-0.05, 0) is 13.0 Å². The van der Waals surface area contributed by atoms with Crippen molar-refractivity contribution in [3.8, 4) is 5.75 Å². The third kappa shape index (κ3) is 3.99. The minimum Gasteiger partial charge on any atom is -0.508 e. The number of carbonyl (C=O) groups is 1. The second kappa shape index (κ2) is 6.03. The molecule has 2 N–H and O–H groups in total. The fourth-order valence-electron chi connectivity index (χ4n) is 1.17. The van der Waals surface area contributed by atoms with Gasteiger partial charge in [-0.1, -0.05) is 18.2 Å². The summed E-state index contributed by atoms with van der Waals surface area (Å²) in [6.07, 6.45) is 0. The molecule has 1 aromatic carbocycles. The summed E-state index contributed by atoms with van der Waals surface area (Å²) in [6.45, 7) is 2.76. The maximum atomic E-state index is 11.0. The maximum absolute atomic E-state index is 11.0. The predicted molar refractivity (Wildman–Crippen MR) is 56.4 cm³/mol. The molecule has 4 nitrogen and oxygen atoms in total. The first kappa shape index (κ1) is 11.5. The van der Waals surface area contributed by atoms with E-state index in [0.717, 1.165) is 5.56 Å². The lowest BCUT2D eigenvalue weighted by Gasteiger charge is -2.06. The van der Waals surface area contributed by atoms with Crippen LogP contribution in [0.4, 0.5) is 0 Å². The van der Waals surface area contributed by atoms with Crippen molar-refractivity contribution < 1.29 is 14.6 Å². The van der Waals surface area contributed by atoms with E-state index in [1.165, 1.54) is 0 Å². The lowest BCUT2D eigenvalue weighted by Crippen LogP contribution is -2.24. The summed E-state index contributed by atoms with van der Waals surface area (Å²) in [5.41, 5.74) is 0.766. The lowest BCUT2D eigenvalue weighted by atomic mass is 10.2. The molecular weight excluding hydrogens is 194 g/mol. The van der Waals surface area contributed by atoms with Crippen LogP contribution in [0, 0.1) is 0 Å². The van der Waals surface area contributed by atoms with Crippen LogP contribution in [0.25, 0.3) is 0 Å². The maximum Gasteiger partial charge on any atom is 0.319 e. The smallest absolute Gasteiger partial charge is 0.319 e. The Morgan fingerprint density at radius 3 is 2.87 bits per heavy atom. The van der Waals surface area contributed by atoms with Crippen molar-refractivity contribution in [1.82, 2.24) is 5.32 Å². The van der Waals surface area contributed by atoms with Gasteiger partial charge in [0.25, 0.3) is 0 Å². The molecule has 0 saturated heterocycles. The van der Waals surface area contributed by atoms with E-state index in [0.29, 0.717) is 13.2 Å². The Kier molecular flexibility index (Phi) is 4.63. The number of phenolic OH excluding ortho intramolecular Hbond substituents is 1. The second-order valence-electron chi connectivity index (χ2n) is 3.04. The number of phenols is 1. The summed E-state index contributed by atoms with van der Waals surface area (Å²) >= 11 is 0. The molecule has 15 heavy (non-hydrogen) atoms. The summed E-state index contributed by atoms with van der Waals surface area (Å²) in [5.74, 6) is -0.0539. The van der Waals surface area contributed by atoms with Crippen molar-refractivity contribution in [2.75, 3.05) is 13.2 Å². The van der Waals surface area contributed by atoms with E-state index >= 15 is 0 Å². The van der Waals surface area contributed by atoms with Crippen molar-refractivity contribution in [1.29, 1.82) is 0 Å². The third-order valence-electron chi connectivity index (χ3n) is 1.88. The molecule has 0 atom stereocenters. The molecule has 0 aromatic heterocycles. The number of para-hydroxylation sites is 1. The molecule has 0 aliphatic heterocycles. The Balaban J connectivity index is 2.32. The van der Waals surface area contributed by atoms with E-state index in [1.807, 2.05) is 6.07 Å². The van der Waals surface area contributed by atoms with Crippen LogP contribution >= 0.6 is 0 Å². The molecule has 0 spiro atoms. The standard InChI is InChI=1S/C11H15NO3/c1-2-15-11(14)8-12-7-9-5-3-4-6-10(9)13/h3-6,12-13H,2,7-8H2,1H3. The van der Waals surface area contributed by atoms with Gasteiger partial charge in [0.15, 0.2) is 0 Å². The molecule has 4 heteroatoms. The van der Waals surface area contributed by atoms with E-state index in [1.54, 1.807) is 25.1 Å². The van der Waals surface area contributed by atoms with Gasteiger partial charge in [-0.25, -0.2) is 0 Å². The molecule has 0 bridgehead atoms. The molecule has 0 radical (unpaired) electrons. The van der Waals surface area contributed by atoms with Gasteiger partial charge in [0.1, 0.15) is 5.75 Å². The number of aromatic hydroxyl groups is 1. The predicted octanol–water partition coefficient (Wildman–Crippen LogP) is 1.04. The van der Waals surface area contributed by atoms with E-state index in [-0.39, 0.29) is 18.3 Å². The molecule has 0 amide bonds. The fourth-order valence-corrected chi connectivity index (χ4v) is 1.17. The Hall–Kier alpha value is -1.55. The number of hydrogen-bond donors (Lipinski definition) is 2. The minimum absolute atomic E-state index is 0.155. The van der Waals surface area contributed by atoms with Crippen molar-refractivity contribution in [2.45, 2.75) is 13.5 Å². The van der Waals surface area contributed by atoms with Crippen LogP contribution in [0.3, 0.4) is 0 Å². The highest BCUT2D eigenvalue weighted by atomic mass is 16.5. The topological polar surface area (TPSA) is 58.6 Å². The Bertz CT molecular complexity index is 325. The minimum atomic E-state index is -0.284. The SMILES string of the molecule is CCOC(=O)CNCc1ccccc1O. The molecule has 0 saturated carbocycles. The third-order valence-corrected chi connectivity index (χ3v) is 1.88. The van der Waals surface area contributed by atoms with Crippen molar-refractivity contribution >= 4 is 5.97 Å². The van der Waals surface area contributed by atoms with Crippen LogP contribution in [0.2, 0.25) is 0 Å². The van der Waals surface area contributed by atoms with E-state index in [9.17, 15) is 9.90 Å². The zero-order chi connectivity index (χ0) is 11.1. The number of benzene rings is 1. The van der Waals surface area contributed by atoms with Gasteiger partial charge in [-0.3, -0.25) is 4.79 Å². The molecule has 82 valence electrons. The number of nitrogens with one attached hydrogen (secondary N) is 1. The summed E-state index contributed by atoms with van der Waals surface area (Å²) < 4.78 is 4.75. The molecule has 0 aliphatic carbocycles. The zero-order valence-electron chi connectivity index (χ0n) is 8.69. The molecule has 0 unspecified atom stereocenters. The first-order valence-electron chi connectivity index (χ1n) is 4.87. The fraction of sp³-hybridized carbons (Fsp3) is 0.364. The molecule has 1 aromatic rings. The van der Waals surface area contributed by atoms with Crippen LogP contribution < -0.4 is 5.32 Å². The molecule has 0 fully saturated rings. The first-order chi connectivity index (χ1) is 7.24. The first-order valence-corrected chi connectivity index (χ1v) is 4.87. The van der Waals surface area contributed by atoms with Crippen LogP contribution in [0.1, 0.15) is 12.5 Å². The summed E-state index contributed by atoms with van der Waals surface area (Å²) in [4.78, 5) is 11.0. The van der Waals surface area contributed by atoms with E-state index in [4.69, 9.17) is 4.74 Å². The van der Waals surface area contributed by atoms with Crippen LogP contribution in [-0.2, 0) is 16.1 Å². The number of carbonyl (C=O) groups excluding carboxylic acids is 1. The molecular formula is C11H15NO3. The quantitative estimate of drug-likeness (QED) is 0.711. The number of esters is 1. The van der Waals surface area contributed by atoms with Gasteiger partial charge in [0.2, 0.25) is 0 Å². The van der Waals surface area contributed by atoms with Gasteiger partial charge in [-0.2, -0.15) is 0 Å². The van der Waals surface area contributed by atoms with Crippen LogP contribution in [0.15, 0.2) is 24.3 Å². The van der Waals surface area contributed by atoms with Crippen molar-refractivity contribution in [2.24, 2.45) is 0 Å². The number of rotatable bonds is 5. The average Bonchev–Trinajstić information content (AvgIpc) is 2.21. The highest BCUT2D eigenvalue weighted by Crippen LogP contribution is 2.14. The highest BCUT2D eigenvalue weighted by molar-refractivity contribution is 5.71. The Labute approximate surface area is 88.9 Å². The van der Waals surface area contributed by atoms with Gasteiger partial charge in [0, 0.05) is 12.1 Å². The highest BCUT2D eigenvalue weighted by Gasteiger charge is 2.02. The average molecular weight is 209 g/mol. The van der Waals surface area contributed by atoms with Crippen LogP contribution in [-0.4, -0.2) is 24.2 Å². The molecule has 0 heterocycles. The van der Waals surface area contributed by atoms with Crippen molar-refractivity contribution in [3.05, 3.63) is 29.8 Å². The van der Waals surface area contributed by atoms with Gasteiger partial charge >= 0.3 is 5.97 Å². The van der Waals surface area contributed by atoms with Crippen LogP contribution in [0.5, 0.6) is 5.75 Å². The van der Waals surface area contributed by atoms with E-state index < -0.39 is 0 Å². The number of hydrogen-bond acceptors (Lipinski definition) is 4. The normalized spacial score (nSPS) is 9.93. The second-order valence-corrected chi connectivity index (χ2v) is 3.04. The summed E-state index contributed by atoms with van der Waals surface area (Å²) in [7, 11) is 0. The zero-order valence-corrected chi connectivity index (χ0v) is 8.69. The Morgan fingerprint density at radius 2 is 2.20 bits per heavy atom. The van der Waals surface area contributed by atoms with E-state index in [2.05, 4.69) is 5.32 Å². The Morgan fingerprint density at radius 1 is 1.47 bits per heavy atom. The van der Waals surface area contributed by atoms with Crippen molar-refractivity contribution in [3.63, 3.8) is 0 Å². The monoisotopic (exact) mass is 209 g/mol.